The molecule has 0 unspecified atom stereocenters. The number of benzene rings is 1. The molecule has 4 nitrogen and oxygen atoms in total. The lowest BCUT2D eigenvalue weighted by atomic mass is 10.1. The molecule has 96 valence electrons. The number of halogens is 1. The van der Waals surface area contributed by atoms with E-state index in [1.54, 1.807) is 30.3 Å². The largest absolute Gasteiger partial charge is 0.357 e. The van der Waals surface area contributed by atoms with E-state index in [-0.39, 0.29) is 5.82 Å². The van der Waals surface area contributed by atoms with E-state index in [2.05, 4.69) is 16.3 Å². The van der Waals surface area contributed by atoms with Crippen molar-refractivity contribution in [2.75, 3.05) is 18.5 Å². The standard InChI is InChI=1S/C14H13FN4/c1-19(10-4-9-16)14-8-7-13(17-18-14)11-5-2-3-6-12(11)15/h2-3,5-8H,4,10H2,1H3. The van der Waals surface area contributed by atoms with Gasteiger partial charge in [0.05, 0.1) is 18.2 Å². The van der Waals surface area contributed by atoms with E-state index >= 15 is 0 Å². The van der Waals surface area contributed by atoms with E-state index in [1.165, 1.54) is 6.07 Å². The Morgan fingerprint density at radius 1 is 1.21 bits per heavy atom. The SMILES string of the molecule is CN(CCC#N)c1ccc(-c2ccccc2F)nn1. The Morgan fingerprint density at radius 2 is 2.00 bits per heavy atom. The zero-order valence-electron chi connectivity index (χ0n) is 10.5. The van der Waals surface area contributed by atoms with E-state index in [9.17, 15) is 4.39 Å². The second-order valence-electron chi connectivity index (χ2n) is 4.09. The molecule has 0 saturated carbocycles. The van der Waals surface area contributed by atoms with Crippen LogP contribution in [0.3, 0.4) is 0 Å². The fraction of sp³-hybridized carbons (Fsp3) is 0.214. The van der Waals surface area contributed by atoms with Crippen molar-refractivity contribution in [2.24, 2.45) is 0 Å². The first kappa shape index (κ1) is 13.0. The van der Waals surface area contributed by atoms with Gasteiger partial charge in [0, 0.05) is 19.2 Å². The molecule has 0 bridgehead atoms. The molecule has 0 atom stereocenters. The number of rotatable bonds is 4. The number of aromatic nitrogens is 2. The predicted octanol–water partition coefficient (Wildman–Crippen LogP) is 2.63. The Balaban J connectivity index is 2.20. The van der Waals surface area contributed by atoms with Gasteiger partial charge in [-0.05, 0) is 24.3 Å². The molecule has 0 aliphatic heterocycles. The smallest absolute Gasteiger partial charge is 0.151 e. The Bertz CT molecular complexity index is 589. The summed E-state index contributed by atoms with van der Waals surface area (Å²) in [7, 11) is 1.84. The van der Waals surface area contributed by atoms with Gasteiger partial charge in [0.15, 0.2) is 5.82 Å². The third kappa shape index (κ3) is 3.05. The highest BCUT2D eigenvalue weighted by molar-refractivity contribution is 5.60. The van der Waals surface area contributed by atoms with E-state index in [0.29, 0.717) is 30.0 Å². The maximum atomic E-state index is 13.6. The minimum absolute atomic E-state index is 0.317. The first-order valence-electron chi connectivity index (χ1n) is 5.89. The lowest BCUT2D eigenvalue weighted by molar-refractivity contribution is 0.630. The Hall–Kier alpha value is -2.48. The Kier molecular flexibility index (Phi) is 4.04. The van der Waals surface area contributed by atoms with Crippen molar-refractivity contribution in [3.63, 3.8) is 0 Å². The van der Waals surface area contributed by atoms with Gasteiger partial charge >= 0.3 is 0 Å². The van der Waals surface area contributed by atoms with Gasteiger partial charge in [-0.1, -0.05) is 12.1 Å². The fourth-order valence-corrected chi connectivity index (χ4v) is 1.67. The molecular formula is C14H13FN4. The van der Waals surface area contributed by atoms with Crippen molar-refractivity contribution in [1.29, 1.82) is 5.26 Å². The van der Waals surface area contributed by atoms with E-state index < -0.39 is 0 Å². The summed E-state index contributed by atoms with van der Waals surface area (Å²) >= 11 is 0. The Morgan fingerprint density at radius 3 is 2.63 bits per heavy atom. The molecule has 0 N–H and O–H groups in total. The summed E-state index contributed by atoms with van der Waals surface area (Å²) in [5.74, 6) is 0.345. The molecule has 0 fully saturated rings. The average Bonchev–Trinajstić information content (AvgIpc) is 2.45. The van der Waals surface area contributed by atoms with Gasteiger partial charge < -0.3 is 4.90 Å². The molecule has 0 spiro atoms. The summed E-state index contributed by atoms with van der Waals surface area (Å²) in [6.07, 6.45) is 0.424. The third-order valence-electron chi connectivity index (χ3n) is 2.75. The topological polar surface area (TPSA) is 52.8 Å². The van der Waals surface area contributed by atoms with Gasteiger partial charge in [-0.15, -0.1) is 10.2 Å². The van der Waals surface area contributed by atoms with E-state index in [4.69, 9.17) is 5.26 Å². The molecule has 0 saturated heterocycles. The summed E-state index contributed by atoms with van der Waals surface area (Å²) in [6, 6.07) is 12.0. The number of nitriles is 1. The second kappa shape index (κ2) is 5.91. The van der Waals surface area contributed by atoms with Crippen LogP contribution in [-0.4, -0.2) is 23.8 Å². The maximum Gasteiger partial charge on any atom is 0.151 e. The Labute approximate surface area is 111 Å². The van der Waals surface area contributed by atoms with Gasteiger partial charge in [0.1, 0.15) is 5.82 Å². The van der Waals surface area contributed by atoms with Crippen molar-refractivity contribution < 1.29 is 4.39 Å². The molecule has 0 aliphatic carbocycles. The van der Waals surface area contributed by atoms with E-state index in [0.717, 1.165) is 0 Å². The molecule has 0 radical (unpaired) electrons. The average molecular weight is 256 g/mol. The molecule has 19 heavy (non-hydrogen) atoms. The number of anilines is 1. The van der Waals surface area contributed by atoms with E-state index in [1.807, 2.05) is 11.9 Å². The summed E-state index contributed by atoms with van der Waals surface area (Å²) in [5.41, 5.74) is 0.928. The summed E-state index contributed by atoms with van der Waals surface area (Å²) in [5, 5.41) is 16.6. The summed E-state index contributed by atoms with van der Waals surface area (Å²) in [6.45, 7) is 0.588. The summed E-state index contributed by atoms with van der Waals surface area (Å²) in [4.78, 5) is 1.83. The molecule has 0 aliphatic rings. The highest BCUT2D eigenvalue weighted by Gasteiger charge is 2.07. The highest BCUT2D eigenvalue weighted by Crippen LogP contribution is 2.20. The van der Waals surface area contributed by atoms with Crippen LogP contribution in [-0.2, 0) is 0 Å². The van der Waals surface area contributed by atoms with Gasteiger partial charge in [-0.3, -0.25) is 0 Å². The normalized spacial score (nSPS) is 9.95. The molecule has 5 heteroatoms. The predicted molar refractivity (Wildman–Crippen MR) is 70.9 cm³/mol. The molecule has 2 aromatic rings. The van der Waals surface area contributed by atoms with Crippen LogP contribution in [0.4, 0.5) is 10.2 Å². The van der Waals surface area contributed by atoms with Gasteiger partial charge in [-0.25, -0.2) is 4.39 Å². The van der Waals surface area contributed by atoms with Crippen LogP contribution in [0, 0.1) is 17.1 Å². The molecule has 0 amide bonds. The van der Waals surface area contributed by atoms with Crippen LogP contribution in [0.15, 0.2) is 36.4 Å². The number of hydrogen-bond donors (Lipinski definition) is 0. The van der Waals surface area contributed by atoms with Crippen LogP contribution >= 0.6 is 0 Å². The van der Waals surface area contributed by atoms with Crippen LogP contribution in [0.2, 0.25) is 0 Å². The summed E-state index contributed by atoms with van der Waals surface area (Å²) < 4.78 is 13.6. The van der Waals surface area contributed by atoms with Crippen molar-refractivity contribution in [2.45, 2.75) is 6.42 Å². The minimum atomic E-state index is -0.317. The second-order valence-corrected chi connectivity index (χ2v) is 4.09. The van der Waals surface area contributed by atoms with Crippen molar-refractivity contribution in [3.8, 4) is 17.3 Å². The van der Waals surface area contributed by atoms with Crippen LogP contribution in [0.5, 0.6) is 0 Å². The van der Waals surface area contributed by atoms with Gasteiger partial charge in [0.2, 0.25) is 0 Å². The molecule has 1 aromatic carbocycles. The quantitative estimate of drug-likeness (QED) is 0.843. The first-order valence-corrected chi connectivity index (χ1v) is 5.89. The molecule has 2 rings (SSSR count). The van der Waals surface area contributed by atoms with Crippen LogP contribution < -0.4 is 4.90 Å². The minimum Gasteiger partial charge on any atom is -0.357 e. The first-order chi connectivity index (χ1) is 9.22. The lowest BCUT2D eigenvalue weighted by Crippen LogP contribution is -2.19. The number of nitrogens with zero attached hydrogens (tertiary/aromatic N) is 4. The van der Waals surface area contributed by atoms with Crippen molar-refractivity contribution >= 4 is 5.82 Å². The number of hydrogen-bond acceptors (Lipinski definition) is 4. The fourth-order valence-electron chi connectivity index (χ4n) is 1.67. The van der Waals surface area contributed by atoms with Crippen LogP contribution in [0.1, 0.15) is 6.42 Å². The van der Waals surface area contributed by atoms with Crippen molar-refractivity contribution in [1.82, 2.24) is 10.2 Å². The van der Waals surface area contributed by atoms with Gasteiger partial charge in [-0.2, -0.15) is 5.26 Å². The molecular weight excluding hydrogens is 243 g/mol. The maximum absolute atomic E-state index is 13.6. The molecule has 1 heterocycles. The highest BCUT2D eigenvalue weighted by atomic mass is 19.1. The zero-order chi connectivity index (χ0) is 13.7. The third-order valence-corrected chi connectivity index (χ3v) is 2.75. The van der Waals surface area contributed by atoms with Gasteiger partial charge in [0.25, 0.3) is 0 Å². The van der Waals surface area contributed by atoms with Crippen molar-refractivity contribution in [3.05, 3.63) is 42.2 Å². The van der Waals surface area contributed by atoms with Crippen LogP contribution in [0.25, 0.3) is 11.3 Å². The zero-order valence-corrected chi connectivity index (χ0v) is 10.5. The lowest BCUT2D eigenvalue weighted by Gasteiger charge is -2.15. The molecule has 1 aromatic heterocycles. The monoisotopic (exact) mass is 256 g/mol.